The van der Waals surface area contributed by atoms with E-state index in [-0.39, 0.29) is 17.1 Å². The van der Waals surface area contributed by atoms with Crippen molar-refractivity contribution in [1.82, 2.24) is 14.3 Å². The van der Waals surface area contributed by atoms with Crippen LogP contribution in [-0.2, 0) is 21.3 Å². The van der Waals surface area contributed by atoms with Crippen molar-refractivity contribution in [3.63, 3.8) is 0 Å². The number of aromatic nitrogens is 2. The molecule has 7 nitrogen and oxygen atoms in total. The molecule has 142 valence electrons. The molecule has 0 aliphatic heterocycles. The van der Waals surface area contributed by atoms with Gasteiger partial charge in [0, 0.05) is 6.54 Å². The number of nitrogens with zero attached hydrogens (tertiary/aromatic N) is 2. The number of sulfonamides is 1. The summed E-state index contributed by atoms with van der Waals surface area (Å²) in [5.41, 5.74) is 2.19. The van der Waals surface area contributed by atoms with Crippen LogP contribution in [0, 0.1) is 6.92 Å². The molecule has 1 aromatic heterocycles. The molecule has 0 fully saturated rings. The maximum Gasteiger partial charge on any atom is 0.338 e. The van der Waals surface area contributed by atoms with E-state index in [2.05, 4.69) is 14.3 Å². The highest BCUT2D eigenvalue weighted by Gasteiger charge is 2.15. The Morgan fingerprint density at radius 2 is 1.96 bits per heavy atom. The minimum absolute atomic E-state index is 0.0277. The van der Waals surface area contributed by atoms with Gasteiger partial charge in [0.15, 0.2) is 0 Å². The molecule has 0 amide bonds. The molecule has 0 saturated heterocycles. The van der Waals surface area contributed by atoms with Crippen molar-refractivity contribution in [3.05, 3.63) is 59.9 Å². The molecular formula is C19H21N3O4S. The van der Waals surface area contributed by atoms with Crippen molar-refractivity contribution in [1.29, 1.82) is 0 Å². The molecule has 0 atom stereocenters. The van der Waals surface area contributed by atoms with Crippen LogP contribution in [0.5, 0.6) is 0 Å². The lowest BCUT2D eigenvalue weighted by Gasteiger charge is -2.09. The van der Waals surface area contributed by atoms with E-state index in [1.54, 1.807) is 0 Å². The molecule has 0 bridgehead atoms. The van der Waals surface area contributed by atoms with Gasteiger partial charge < -0.3 is 9.30 Å². The van der Waals surface area contributed by atoms with E-state index < -0.39 is 16.0 Å². The number of rotatable bonds is 7. The molecule has 2 aromatic carbocycles. The maximum absolute atomic E-state index is 12.2. The lowest BCUT2D eigenvalue weighted by Crippen LogP contribution is -2.19. The average Bonchev–Trinajstić information content (AvgIpc) is 3.00. The summed E-state index contributed by atoms with van der Waals surface area (Å²) < 4.78 is 33.3. The Balaban J connectivity index is 1.60. The van der Waals surface area contributed by atoms with Gasteiger partial charge in [0.25, 0.3) is 0 Å². The molecule has 27 heavy (non-hydrogen) atoms. The van der Waals surface area contributed by atoms with Gasteiger partial charge >= 0.3 is 5.97 Å². The van der Waals surface area contributed by atoms with Crippen LogP contribution in [-0.4, -0.2) is 37.6 Å². The van der Waals surface area contributed by atoms with Crippen molar-refractivity contribution in [2.24, 2.45) is 0 Å². The Labute approximate surface area is 158 Å². The molecule has 3 aromatic rings. The number of imidazole rings is 1. The minimum Gasteiger partial charge on any atom is -0.462 e. The summed E-state index contributed by atoms with van der Waals surface area (Å²) in [5, 5.41) is 0. The average molecular weight is 387 g/mol. The van der Waals surface area contributed by atoms with Gasteiger partial charge in [-0.15, -0.1) is 0 Å². The standard InChI is InChI=1S/C19H21N3O4S/c1-14-21-17-9-3-4-10-18(17)22(14)11-6-12-26-19(23)15-7-5-8-16(13-15)27(24,25)20-2/h3-5,7-10,13,20H,6,11-12H2,1-2H3. The highest BCUT2D eigenvalue weighted by atomic mass is 32.2. The van der Waals surface area contributed by atoms with Crippen LogP contribution in [0.4, 0.5) is 0 Å². The fourth-order valence-corrected chi connectivity index (χ4v) is 3.63. The Bertz CT molecular complexity index is 1070. The van der Waals surface area contributed by atoms with Gasteiger partial charge in [-0.3, -0.25) is 0 Å². The maximum atomic E-state index is 12.2. The zero-order valence-corrected chi connectivity index (χ0v) is 16.0. The molecule has 0 radical (unpaired) electrons. The van der Waals surface area contributed by atoms with Crippen LogP contribution in [0.1, 0.15) is 22.6 Å². The summed E-state index contributed by atoms with van der Waals surface area (Å²) in [4.78, 5) is 16.7. The van der Waals surface area contributed by atoms with Crippen LogP contribution in [0.25, 0.3) is 11.0 Å². The van der Waals surface area contributed by atoms with Gasteiger partial charge in [-0.2, -0.15) is 0 Å². The first-order valence-electron chi connectivity index (χ1n) is 8.55. The highest BCUT2D eigenvalue weighted by Crippen LogP contribution is 2.16. The summed E-state index contributed by atoms with van der Waals surface area (Å²) >= 11 is 0. The first-order valence-corrected chi connectivity index (χ1v) is 10.0. The van der Waals surface area contributed by atoms with Gasteiger partial charge in [-0.05, 0) is 50.7 Å². The van der Waals surface area contributed by atoms with E-state index in [0.717, 1.165) is 16.9 Å². The first kappa shape index (κ1) is 19.1. The van der Waals surface area contributed by atoms with Gasteiger partial charge in [0.1, 0.15) is 5.82 Å². The summed E-state index contributed by atoms with van der Waals surface area (Å²) in [7, 11) is -2.28. The molecule has 0 aliphatic rings. The number of esters is 1. The van der Waals surface area contributed by atoms with E-state index in [0.29, 0.717) is 13.0 Å². The number of ether oxygens (including phenoxy) is 1. The van der Waals surface area contributed by atoms with Crippen molar-refractivity contribution < 1.29 is 17.9 Å². The monoisotopic (exact) mass is 387 g/mol. The van der Waals surface area contributed by atoms with Crippen molar-refractivity contribution >= 4 is 27.0 Å². The lowest BCUT2D eigenvalue weighted by molar-refractivity contribution is 0.0496. The summed E-state index contributed by atoms with van der Waals surface area (Å²) in [6.07, 6.45) is 0.626. The molecular weight excluding hydrogens is 366 g/mol. The topological polar surface area (TPSA) is 90.3 Å². The fourth-order valence-electron chi connectivity index (χ4n) is 2.86. The van der Waals surface area contributed by atoms with Crippen LogP contribution < -0.4 is 4.72 Å². The van der Waals surface area contributed by atoms with Crippen LogP contribution >= 0.6 is 0 Å². The second-order valence-electron chi connectivity index (χ2n) is 6.02. The van der Waals surface area contributed by atoms with Gasteiger partial charge in [-0.1, -0.05) is 18.2 Å². The van der Waals surface area contributed by atoms with Crippen LogP contribution in [0.15, 0.2) is 53.4 Å². The van der Waals surface area contributed by atoms with E-state index >= 15 is 0 Å². The van der Waals surface area contributed by atoms with Gasteiger partial charge in [0.2, 0.25) is 10.0 Å². The number of fused-ring (bicyclic) bond motifs is 1. The SMILES string of the molecule is CNS(=O)(=O)c1cccc(C(=O)OCCCn2c(C)nc3ccccc32)c1. The number of hydrogen-bond acceptors (Lipinski definition) is 5. The number of nitrogens with one attached hydrogen (secondary N) is 1. The molecule has 0 unspecified atom stereocenters. The van der Waals surface area contributed by atoms with Crippen LogP contribution in [0.2, 0.25) is 0 Å². The Kier molecular flexibility index (Phi) is 5.57. The van der Waals surface area contributed by atoms with Crippen molar-refractivity contribution in [3.8, 4) is 0 Å². The first-order chi connectivity index (χ1) is 12.9. The van der Waals surface area contributed by atoms with Crippen LogP contribution in [0.3, 0.4) is 0 Å². The number of benzene rings is 2. The number of aryl methyl sites for hydroxylation is 2. The Morgan fingerprint density at radius 1 is 1.19 bits per heavy atom. The second kappa shape index (κ2) is 7.89. The third kappa shape index (κ3) is 4.17. The quantitative estimate of drug-likeness (QED) is 0.497. The largest absolute Gasteiger partial charge is 0.462 e. The highest BCUT2D eigenvalue weighted by molar-refractivity contribution is 7.89. The smallest absolute Gasteiger partial charge is 0.338 e. The molecule has 1 heterocycles. The predicted octanol–water partition coefficient (Wildman–Crippen LogP) is 2.50. The number of para-hydroxylation sites is 2. The van der Waals surface area contributed by atoms with E-state index in [4.69, 9.17) is 4.74 Å². The van der Waals surface area contributed by atoms with E-state index in [1.165, 1.54) is 31.3 Å². The molecule has 0 saturated carbocycles. The van der Waals surface area contributed by atoms with Crippen molar-refractivity contribution in [2.45, 2.75) is 24.8 Å². The third-order valence-electron chi connectivity index (χ3n) is 4.25. The zero-order valence-electron chi connectivity index (χ0n) is 15.2. The fraction of sp³-hybridized carbons (Fsp3) is 0.263. The number of carbonyl (C=O) groups is 1. The minimum atomic E-state index is -3.60. The summed E-state index contributed by atoms with van der Waals surface area (Å²) in [6, 6.07) is 13.7. The Hall–Kier alpha value is -2.71. The summed E-state index contributed by atoms with van der Waals surface area (Å²) in [5.74, 6) is 0.364. The third-order valence-corrected chi connectivity index (χ3v) is 5.67. The summed E-state index contributed by atoms with van der Waals surface area (Å²) in [6.45, 7) is 2.85. The zero-order chi connectivity index (χ0) is 19.4. The number of carbonyl (C=O) groups excluding carboxylic acids is 1. The molecule has 8 heteroatoms. The Morgan fingerprint density at radius 3 is 2.74 bits per heavy atom. The van der Waals surface area contributed by atoms with E-state index in [9.17, 15) is 13.2 Å². The van der Waals surface area contributed by atoms with Gasteiger partial charge in [-0.25, -0.2) is 22.9 Å². The molecule has 0 spiro atoms. The molecule has 0 aliphatic carbocycles. The molecule has 1 N–H and O–H groups in total. The van der Waals surface area contributed by atoms with E-state index in [1.807, 2.05) is 31.2 Å². The molecule has 3 rings (SSSR count). The predicted molar refractivity (Wildman–Crippen MR) is 102 cm³/mol. The normalized spacial score (nSPS) is 11.6. The lowest BCUT2D eigenvalue weighted by atomic mass is 10.2. The van der Waals surface area contributed by atoms with Gasteiger partial charge in [0.05, 0.1) is 28.1 Å². The second-order valence-corrected chi connectivity index (χ2v) is 7.91. The number of hydrogen-bond donors (Lipinski definition) is 1. The van der Waals surface area contributed by atoms with Crippen molar-refractivity contribution in [2.75, 3.05) is 13.7 Å².